The average molecular weight is 204 g/mol. The summed E-state index contributed by atoms with van der Waals surface area (Å²) in [7, 11) is 1.43. The Hall–Kier alpha value is -1.97. The lowest BCUT2D eigenvalue weighted by Gasteiger charge is -2.04. The second-order valence-electron chi connectivity index (χ2n) is 2.94. The van der Waals surface area contributed by atoms with Crippen molar-refractivity contribution in [3.05, 3.63) is 42.6 Å². The normalized spacial score (nSPS) is 10.0. The molecule has 0 amide bonds. The Morgan fingerprint density at radius 2 is 2.13 bits per heavy atom. The third-order valence-corrected chi connectivity index (χ3v) is 2.03. The van der Waals surface area contributed by atoms with Crippen LogP contribution in [-0.4, -0.2) is 17.1 Å². The van der Waals surface area contributed by atoms with E-state index in [9.17, 15) is 4.39 Å². The molecule has 0 spiro atoms. The molecule has 1 aromatic heterocycles. The average Bonchev–Trinajstić information content (AvgIpc) is 2.30. The van der Waals surface area contributed by atoms with Gasteiger partial charge in [-0.15, -0.1) is 0 Å². The van der Waals surface area contributed by atoms with Crippen LogP contribution in [0.1, 0.15) is 0 Å². The number of rotatable bonds is 2. The largest absolute Gasteiger partial charge is 0.494 e. The van der Waals surface area contributed by atoms with Crippen LogP contribution in [0, 0.1) is 5.82 Å². The molecule has 4 heteroatoms. The van der Waals surface area contributed by atoms with Gasteiger partial charge in [0.25, 0.3) is 0 Å². The van der Waals surface area contributed by atoms with Crippen molar-refractivity contribution in [3.8, 4) is 17.0 Å². The van der Waals surface area contributed by atoms with E-state index in [0.29, 0.717) is 11.3 Å². The van der Waals surface area contributed by atoms with E-state index in [0.717, 1.165) is 0 Å². The molecule has 0 saturated carbocycles. The summed E-state index contributed by atoms with van der Waals surface area (Å²) in [6.07, 6.45) is 3.04. The van der Waals surface area contributed by atoms with Crippen molar-refractivity contribution in [1.29, 1.82) is 0 Å². The van der Waals surface area contributed by atoms with Crippen LogP contribution in [-0.2, 0) is 0 Å². The smallest absolute Gasteiger partial charge is 0.165 e. The van der Waals surface area contributed by atoms with Crippen LogP contribution >= 0.6 is 0 Å². The van der Waals surface area contributed by atoms with Crippen molar-refractivity contribution in [1.82, 2.24) is 9.97 Å². The summed E-state index contributed by atoms with van der Waals surface area (Å²) in [4.78, 5) is 7.82. The molecule has 2 aromatic rings. The molecule has 0 atom stereocenters. The molecule has 3 nitrogen and oxygen atoms in total. The maximum absolute atomic E-state index is 13.4. The van der Waals surface area contributed by atoms with Crippen molar-refractivity contribution >= 4 is 0 Å². The zero-order valence-corrected chi connectivity index (χ0v) is 8.14. The van der Waals surface area contributed by atoms with Crippen LogP contribution in [0.3, 0.4) is 0 Å². The Morgan fingerprint density at radius 3 is 2.73 bits per heavy atom. The van der Waals surface area contributed by atoms with Gasteiger partial charge in [-0.2, -0.15) is 0 Å². The lowest BCUT2D eigenvalue weighted by Crippen LogP contribution is -1.90. The highest BCUT2D eigenvalue weighted by molar-refractivity contribution is 5.59. The van der Waals surface area contributed by atoms with Crippen LogP contribution in [0.5, 0.6) is 5.75 Å². The summed E-state index contributed by atoms with van der Waals surface area (Å²) in [5, 5.41) is 0. The fraction of sp³-hybridized carbons (Fsp3) is 0.0909. The number of methoxy groups -OCH3 is 1. The van der Waals surface area contributed by atoms with Gasteiger partial charge in [0.1, 0.15) is 6.33 Å². The van der Waals surface area contributed by atoms with E-state index in [1.807, 2.05) is 0 Å². The first-order valence-electron chi connectivity index (χ1n) is 4.41. The maximum atomic E-state index is 13.4. The lowest BCUT2D eigenvalue weighted by molar-refractivity contribution is 0.386. The summed E-state index contributed by atoms with van der Waals surface area (Å²) in [6.45, 7) is 0. The lowest BCUT2D eigenvalue weighted by atomic mass is 10.1. The minimum atomic E-state index is -0.395. The van der Waals surface area contributed by atoms with Gasteiger partial charge in [0.15, 0.2) is 11.6 Å². The molecule has 1 aromatic carbocycles. The summed E-state index contributed by atoms with van der Waals surface area (Å²) < 4.78 is 18.2. The first kappa shape index (κ1) is 9.58. The summed E-state index contributed by atoms with van der Waals surface area (Å²) >= 11 is 0. The van der Waals surface area contributed by atoms with Crippen molar-refractivity contribution in [2.75, 3.05) is 7.11 Å². The van der Waals surface area contributed by atoms with Gasteiger partial charge in [0.05, 0.1) is 12.8 Å². The number of hydrogen-bond acceptors (Lipinski definition) is 3. The van der Waals surface area contributed by atoms with Gasteiger partial charge in [-0.3, -0.25) is 0 Å². The predicted molar refractivity (Wildman–Crippen MR) is 54.0 cm³/mol. The summed E-state index contributed by atoms with van der Waals surface area (Å²) in [5.74, 6) is -0.165. The van der Waals surface area contributed by atoms with Gasteiger partial charge in [0, 0.05) is 11.8 Å². The number of halogens is 1. The SMILES string of the molecule is COc1ccc(-c2ccncn2)cc1F. The number of aromatic nitrogens is 2. The number of nitrogens with zero attached hydrogens (tertiary/aromatic N) is 2. The Morgan fingerprint density at radius 1 is 1.27 bits per heavy atom. The van der Waals surface area contributed by atoms with E-state index >= 15 is 0 Å². The molecule has 0 radical (unpaired) electrons. The Bertz CT molecular complexity index is 459. The third kappa shape index (κ3) is 1.93. The van der Waals surface area contributed by atoms with Crippen molar-refractivity contribution in [3.63, 3.8) is 0 Å². The summed E-state index contributed by atoms with van der Waals surface area (Å²) in [6, 6.07) is 6.44. The van der Waals surface area contributed by atoms with Crippen molar-refractivity contribution in [2.24, 2.45) is 0 Å². The highest BCUT2D eigenvalue weighted by atomic mass is 19.1. The van der Waals surface area contributed by atoms with Crippen molar-refractivity contribution < 1.29 is 9.13 Å². The standard InChI is InChI=1S/C11H9FN2O/c1-15-11-3-2-8(6-9(11)12)10-4-5-13-7-14-10/h2-7H,1H3. The Labute approximate surface area is 86.6 Å². The van der Waals surface area contributed by atoms with E-state index in [1.54, 1.807) is 24.4 Å². The van der Waals surface area contributed by atoms with Crippen LogP contribution in [0.15, 0.2) is 36.8 Å². The monoisotopic (exact) mass is 204 g/mol. The highest BCUT2D eigenvalue weighted by Gasteiger charge is 2.05. The van der Waals surface area contributed by atoms with Crippen LogP contribution in [0.25, 0.3) is 11.3 Å². The first-order chi connectivity index (χ1) is 7.31. The fourth-order valence-electron chi connectivity index (χ4n) is 1.29. The van der Waals surface area contributed by atoms with E-state index in [1.165, 1.54) is 19.5 Å². The second-order valence-corrected chi connectivity index (χ2v) is 2.94. The summed E-state index contributed by atoms with van der Waals surface area (Å²) in [5.41, 5.74) is 1.39. The van der Waals surface area contributed by atoms with Gasteiger partial charge in [-0.25, -0.2) is 14.4 Å². The molecule has 0 aliphatic rings. The van der Waals surface area contributed by atoms with Crippen LogP contribution in [0.4, 0.5) is 4.39 Å². The predicted octanol–water partition coefficient (Wildman–Crippen LogP) is 2.29. The molecular formula is C11H9FN2O. The van der Waals surface area contributed by atoms with Crippen LogP contribution < -0.4 is 4.74 Å². The molecule has 76 valence electrons. The minimum Gasteiger partial charge on any atom is -0.494 e. The van der Waals surface area contributed by atoms with Gasteiger partial charge >= 0.3 is 0 Å². The zero-order valence-electron chi connectivity index (χ0n) is 8.14. The zero-order chi connectivity index (χ0) is 10.7. The molecule has 0 fully saturated rings. The topological polar surface area (TPSA) is 35.0 Å². The van der Waals surface area contributed by atoms with Gasteiger partial charge in [-0.1, -0.05) is 0 Å². The molecular weight excluding hydrogens is 195 g/mol. The van der Waals surface area contributed by atoms with E-state index in [2.05, 4.69) is 9.97 Å². The van der Waals surface area contributed by atoms with Crippen molar-refractivity contribution in [2.45, 2.75) is 0 Å². The third-order valence-electron chi connectivity index (χ3n) is 2.03. The van der Waals surface area contributed by atoms with E-state index in [-0.39, 0.29) is 5.75 Å². The van der Waals surface area contributed by atoms with Gasteiger partial charge < -0.3 is 4.74 Å². The molecule has 0 N–H and O–H groups in total. The molecule has 0 unspecified atom stereocenters. The molecule has 0 saturated heterocycles. The molecule has 1 heterocycles. The van der Waals surface area contributed by atoms with E-state index < -0.39 is 5.82 Å². The number of hydrogen-bond donors (Lipinski definition) is 0. The highest BCUT2D eigenvalue weighted by Crippen LogP contribution is 2.23. The molecule has 2 rings (SSSR count). The Kier molecular flexibility index (Phi) is 2.58. The van der Waals surface area contributed by atoms with Gasteiger partial charge in [0.2, 0.25) is 0 Å². The quantitative estimate of drug-likeness (QED) is 0.752. The molecule has 0 aliphatic carbocycles. The molecule has 15 heavy (non-hydrogen) atoms. The fourth-order valence-corrected chi connectivity index (χ4v) is 1.29. The first-order valence-corrected chi connectivity index (χ1v) is 4.41. The number of ether oxygens (including phenoxy) is 1. The second kappa shape index (κ2) is 4.04. The maximum Gasteiger partial charge on any atom is 0.165 e. The minimum absolute atomic E-state index is 0.229. The number of benzene rings is 1. The van der Waals surface area contributed by atoms with E-state index in [4.69, 9.17) is 4.74 Å². The van der Waals surface area contributed by atoms with Crippen LogP contribution in [0.2, 0.25) is 0 Å². The molecule has 0 bridgehead atoms. The Balaban J connectivity index is 2.43. The molecule has 0 aliphatic heterocycles. The van der Waals surface area contributed by atoms with Gasteiger partial charge in [-0.05, 0) is 24.3 Å².